The molecular weight excluding hydrogens is 442 g/mol. The smallest absolute Gasteiger partial charge is 0.258 e. The van der Waals surface area contributed by atoms with Crippen LogP contribution in [0.25, 0.3) is 4.96 Å². The zero-order chi connectivity index (χ0) is 21.1. The molecule has 154 valence electrons. The number of thiazole rings is 1. The van der Waals surface area contributed by atoms with Crippen LogP contribution in [0.5, 0.6) is 0 Å². The molecule has 0 bridgehead atoms. The minimum absolute atomic E-state index is 0.112. The summed E-state index contributed by atoms with van der Waals surface area (Å²) in [6.07, 6.45) is 5.24. The van der Waals surface area contributed by atoms with Crippen molar-refractivity contribution in [3.63, 3.8) is 0 Å². The summed E-state index contributed by atoms with van der Waals surface area (Å²) in [6, 6.07) is 8.46. The number of benzene rings is 1. The molecule has 0 aliphatic heterocycles. The highest BCUT2D eigenvalue weighted by molar-refractivity contribution is 7.99. The third-order valence-corrected chi connectivity index (χ3v) is 6.44. The molecule has 0 aliphatic carbocycles. The lowest BCUT2D eigenvalue weighted by Gasteiger charge is -2.19. The zero-order valence-corrected chi connectivity index (χ0v) is 18.4. The molecule has 0 spiro atoms. The molecular formula is C20H18ClN5O2S2. The molecule has 4 aromatic rings. The van der Waals surface area contributed by atoms with E-state index in [-0.39, 0.29) is 23.3 Å². The fourth-order valence-corrected chi connectivity index (χ4v) is 4.61. The standard InChI is InChI=1S/C20H18ClN5O2S2/c1-25-7-6-22-19(25)18(13-2-4-14(21)5-3-13)24-16(27)12-29-11-15-10-17(28)26-8-9-30-20(26)23-15/h2-10,18H,11-12H2,1H3,(H,24,27)/t18-/m0/s1. The number of nitrogens with one attached hydrogen (secondary N) is 1. The molecule has 0 saturated carbocycles. The lowest BCUT2D eigenvalue weighted by atomic mass is 10.1. The Hall–Kier alpha value is -2.62. The number of aromatic nitrogens is 4. The molecule has 1 atom stereocenters. The van der Waals surface area contributed by atoms with Crippen LogP contribution in [-0.4, -0.2) is 30.6 Å². The van der Waals surface area contributed by atoms with Gasteiger partial charge in [0, 0.05) is 47.9 Å². The number of amides is 1. The quantitative estimate of drug-likeness (QED) is 0.458. The molecule has 0 fully saturated rings. The maximum atomic E-state index is 12.6. The van der Waals surface area contributed by atoms with Gasteiger partial charge < -0.3 is 9.88 Å². The van der Waals surface area contributed by atoms with Crippen molar-refractivity contribution in [2.75, 3.05) is 5.75 Å². The van der Waals surface area contributed by atoms with Gasteiger partial charge in [-0.2, -0.15) is 0 Å². The molecule has 30 heavy (non-hydrogen) atoms. The van der Waals surface area contributed by atoms with Crippen molar-refractivity contribution in [2.45, 2.75) is 11.8 Å². The van der Waals surface area contributed by atoms with Crippen LogP contribution in [0.15, 0.2) is 59.1 Å². The van der Waals surface area contributed by atoms with Gasteiger partial charge >= 0.3 is 0 Å². The number of carbonyl (C=O) groups is 1. The number of imidazole rings is 1. The highest BCUT2D eigenvalue weighted by Gasteiger charge is 2.20. The SMILES string of the molecule is Cn1ccnc1[C@@H](NC(=O)CSCc1cc(=O)n2ccsc2n1)c1ccc(Cl)cc1. The van der Waals surface area contributed by atoms with Crippen molar-refractivity contribution < 1.29 is 4.79 Å². The molecule has 4 rings (SSSR count). The number of nitrogens with zero attached hydrogens (tertiary/aromatic N) is 4. The van der Waals surface area contributed by atoms with Crippen molar-refractivity contribution in [1.82, 2.24) is 24.3 Å². The van der Waals surface area contributed by atoms with Crippen molar-refractivity contribution >= 4 is 45.6 Å². The first-order chi connectivity index (χ1) is 14.5. The lowest BCUT2D eigenvalue weighted by Crippen LogP contribution is -2.32. The molecule has 0 radical (unpaired) electrons. The third kappa shape index (κ3) is 4.58. The van der Waals surface area contributed by atoms with E-state index in [0.29, 0.717) is 21.4 Å². The average Bonchev–Trinajstić information content (AvgIpc) is 3.36. The maximum Gasteiger partial charge on any atom is 0.258 e. The molecule has 0 saturated heterocycles. The molecule has 10 heteroatoms. The number of hydrogen-bond donors (Lipinski definition) is 1. The summed E-state index contributed by atoms with van der Waals surface area (Å²) in [5.41, 5.74) is 1.45. The Morgan fingerprint density at radius 1 is 1.30 bits per heavy atom. The number of thioether (sulfide) groups is 1. The van der Waals surface area contributed by atoms with Gasteiger partial charge in [-0.05, 0) is 17.7 Å². The van der Waals surface area contributed by atoms with E-state index >= 15 is 0 Å². The Kier molecular flexibility index (Phi) is 6.21. The summed E-state index contributed by atoms with van der Waals surface area (Å²) in [5, 5.41) is 5.50. The number of carbonyl (C=O) groups excluding carboxylic acids is 1. The second-order valence-electron chi connectivity index (χ2n) is 6.58. The molecule has 7 nitrogen and oxygen atoms in total. The van der Waals surface area contributed by atoms with Crippen LogP contribution in [-0.2, 0) is 17.6 Å². The van der Waals surface area contributed by atoms with Crippen LogP contribution >= 0.6 is 34.7 Å². The van der Waals surface area contributed by atoms with E-state index in [1.807, 2.05) is 35.3 Å². The first kappa shape index (κ1) is 20.6. The highest BCUT2D eigenvalue weighted by Crippen LogP contribution is 2.23. The lowest BCUT2D eigenvalue weighted by molar-refractivity contribution is -0.119. The summed E-state index contributed by atoms with van der Waals surface area (Å²) >= 11 is 8.82. The Bertz CT molecular complexity index is 1230. The van der Waals surface area contributed by atoms with Crippen LogP contribution in [0.3, 0.4) is 0 Å². The van der Waals surface area contributed by atoms with Crippen LogP contribution < -0.4 is 10.9 Å². The predicted molar refractivity (Wildman–Crippen MR) is 120 cm³/mol. The van der Waals surface area contributed by atoms with E-state index in [4.69, 9.17) is 11.6 Å². The van der Waals surface area contributed by atoms with Gasteiger partial charge in [-0.1, -0.05) is 23.7 Å². The molecule has 3 aromatic heterocycles. The van der Waals surface area contributed by atoms with Gasteiger partial charge in [-0.3, -0.25) is 14.0 Å². The van der Waals surface area contributed by atoms with Crippen molar-refractivity contribution in [2.24, 2.45) is 7.05 Å². The Morgan fingerprint density at radius 3 is 2.83 bits per heavy atom. The van der Waals surface area contributed by atoms with Crippen LogP contribution in [0.4, 0.5) is 0 Å². The van der Waals surface area contributed by atoms with E-state index in [9.17, 15) is 9.59 Å². The van der Waals surface area contributed by atoms with Crippen molar-refractivity contribution in [3.8, 4) is 0 Å². The van der Waals surface area contributed by atoms with E-state index in [1.54, 1.807) is 24.5 Å². The van der Waals surface area contributed by atoms with Crippen molar-refractivity contribution in [3.05, 3.63) is 86.8 Å². The maximum absolute atomic E-state index is 12.6. The molecule has 0 unspecified atom stereocenters. The van der Waals surface area contributed by atoms with Crippen LogP contribution in [0.1, 0.15) is 23.1 Å². The monoisotopic (exact) mass is 459 g/mol. The normalized spacial score (nSPS) is 12.2. The van der Waals surface area contributed by atoms with Gasteiger partial charge in [-0.15, -0.1) is 23.1 Å². The fourth-order valence-electron chi connectivity index (χ4n) is 3.02. The third-order valence-electron chi connectivity index (χ3n) is 4.46. The van der Waals surface area contributed by atoms with E-state index in [0.717, 1.165) is 11.4 Å². The van der Waals surface area contributed by atoms with Crippen LogP contribution in [0.2, 0.25) is 5.02 Å². The molecule has 1 aromatic carbocycles. The minimum atomic E-state index is -0.388. The van der Waals surface area contributed by atoms with Gasteiger partial charge in [0.1, 0.15) is 11.9 Å². The van der Waals surface area contributed by atoms with Crippen molar-refractivity contribution in [1.29, 1.82) is 0 Å². The Labute approximate surface area is 185 Å². The molecule has 0 aliphatic rings. The Morgan fingerprint density at radius 2 is 2.10 bits per heavy atom. The van der Waals surface area contributed by atoms with Crippen LogP contribution in [0, 0.1) is 0 Å². The topological polar surface area (TPSA) is 81.3 Å². The summed E-state index contributed by atoms with van der Waals surface area (Å²) in [6.45, 7) is 0. The fraction of sp³-hybridized carbons (Fsp3) is 0.200. The van der Waals surface area contributed by atoms with E-state index in [2.05, 4.69) is 15.3 Å². The summed E-state index contributed by atoms with van der Waals surface area (Å²) in [5.74, 6) is 1.32. The van der Waals surface area contributed by atoms with E-state index < -0.39 is 0 Å². The number of halogens is 1. The minimum Gasteiger partial charge on any atom is -0.341 e. The summed E-state index contributed by atoms with van der Waals surface area (Å²) in [7, 11) is 1.89. The number of fused-ring (bicyclic) bond motifs is 1. The predicted octanol–water partition coefficient (Wildman–Crippen LogP) is 3.28. The highest BCUT2D eigenvalue weighted by atomic mass is 35.5. The van der Waals surface area contributed by atoms with Gasteiger partial charge in [0.05, 0.1) is 11.4 Å². The first-order valence-corrected chi connectivity index (χ1v) is 11.5. The van der Waals surface area contributed by atoms with Gasteiger partial charge in [-0.25, -0.2) is 9.97 Å². The second kappa shape index (κ2) is 9.03. The number of rotatable bonds is 7. The molecule has 3 heterocycles. The van der Waals surface area contributed by atoms with Gasteiger partial charge in [0.2, 0.25) is 5.91 Å². The van der Waals surface area contributed by atoms with E-state index in [1.165, 1.54) is 33.6 Å². The van der Waals surface area contributed by atoms with Gasteiger partial charge in [0.15, 0.2) is 4.96 Å². The zero-order valence-electron chi connectivity index (χ0n) is 16.0. The number of aryl methyl sites for hydroxylation is 1. The average molecular weight is 460 g/mol. The summed E-state index contributed by atoms with van der Waals surface area (Å²) < 4.78 is 3.38. The first-order valence-electron chi connectivity index (χ1n) is 9.07. The van der Waals surface area contributed by atoms with Gasteiger partial charge in [0.25, 0.3) is 5.56 Å². The second-order valence-corrected chi connectivity index (χ2v) is 8.88. The molecule has 1 amide bonds. The largest absolute Gasteiger partial charge is 0.341 e. The molecule has 1 N–H and O–H groups in total. The number of hydrogen-bond acceptors (Lipinski definition) is 6. The summed E-state index contributed by atoms with van der Waals surface area (Å²) in [4.78, 5) is 34.2. The Balaban J connectivity index is 1.43.